The van der Waals surface area contributed by atoms with Gasteiger partial charge in [-0.3, -0.25) is 10.1 Å². The van der Waals surface area contributed by atoms with E-state index in [1.807, 2.05) is 0 Å². The Morgan fingerprint density at radius 2 is 2.38 bits per heavy atom. The third-order valence-corrected chi connectivity index (χ3v) is 1.70. The van der Waals surface area contributed by atoms with Crippen molar-refractivity contribution >= 4 is 5.69 Å². The molecule has 0 atom stereocenters. The van der Waals surface area contributed by atoms with Crippen molar-refractivity contribution in [1.29, 1.82) is 5.26 Å². The van der Waals surface area contributed by atoms with Crippen LogP contribution in [-0.2, 0) is 0 Å². The van der Waals surface area contributed by atoms with E-state index < -0.39 is 16.4 Å². The smallest absolute Gasteiger partial charge is 0.315 e. The zero-order chi connectivity index (χ0) is 12.1. The number of nitro benzene ring substituents is 1. The molecule has 0 fully saturated rings. The van der Waals surface area contributed by atoms with Crippen LogP contribution in [-0.4, -0.2) is 11.5 Å². The maximum absolute atomic E-state index is 12.9. The van der Waals surface area contributed by atoms with E-state index in [-0.39, 0.29) is 17.9 Å². The van der Waals surface area contributed by atoms with Crippen molar-refractivity contribution in [3.8, 4) is 11.8 Å². The summed E-state index contributed by atoms with van der Waals surface area (Å²) in [5, 5.41) is 19.3. The van der Waals surface area contributed by atoms with Gasteiger partial charge in [0.2, 0.25) is 5.75 Å². The molecule has 0 aliphatic carbocycles. The number of ether oxygens (including phenoxy) is 1. The molecule has 0 bridgehead atoms. The van der Waals surface area contributed by atoms with Crippen molar-refractivity contribution in [3.63, 3.8) is 0 Å². The lowest BCUT2D eigenvalue weighted by Gasteiger charge is -2.05. The topological polar surface area (TPSA) is 76.2 Å². The lowest BCUT2D eigenvalue weighted by atomic mass is 10.2. The molecule has 0 N–H and O–H groups in total. The zero-order valence-corrected chi connectivity index (χ0v) is 8.14. The van der Waals surface area contributed by atoms with E-state index in [1.165, 1.54) is 6.08 Å². The number of hydrogen-bond acceptors (Lipinski definition) is 4. The molecule has 1 aromatic rings. The number of nitro groups is 1. The molecule has 0 saturated heterocycles. The van der Waals surface area contributed by atoms with Gasteiger partial charge in [0, 0.05) is 0 Å². The summed E-state index contributed by atoms with van der Waals surface area (Å²) in [6, 6.07) is 3.22. The second-order valence-corrected chi connectivity index (χ2v) is 2.77. The summed E-state index contributed by atoms with van der Waals surface area (Å²) in [7, 11) is 0. The molecule has 0 aliphatic rings. The maximum atomic E-state index is 12.9. The van der Waals surface area contributed by atoms with Gasteiger partial charge in [-0.05, 0) is 6.07 Å². The van der Waals surface area contributed by atoms with Crippen LogP contribution in [0.1, 0.15) is 5.56 Å². The molecule has 0 aromatic heterocycles. The van der Waals surface area contributed by atoms with E-state index in [9.17, 15) is 14.5 Å². The van der Waals surface area contributed by atoms with Gasteiger partial charge in [-0.2, -0.15) is 5.26 Å². The Hall–Kier alpha value is -2.42. The van der Waals surface area contributed by atoms with E-state index in [0.717, 1.165) is 6.07 Å². The maximum Gasteiger partial charge on any atom is 0.315 e. The van der Waals surface area contributed by atoms with E-state index in [0.29, 0.717) is 6.07 Å². The van der Waals surface area contributed by atoms with Crippen molar-refractivity contribution in [2.75, 3.05) is 6.61 Å². The fourth-order valence-corrected chi connectivity index (χ4v) is 1.09. The van der Waals surface area contributed by atoms with Gasteiger partial charge < -0.3 is 4.74 Å². The molecule has 0 unspecified atom stereocenters. The average molecular weight is 222 g/mol. The van der Waals surface area contributed by atoms with Crippen molar-refractivity contribution in [1.82, 2.24) is 0 Å². The van der Waals surface area contributed by atoms with E-state index in [1.54, 1.807) is 6.07 Å². The average Bonchev–Trinajstić information content (AvgIpc) is 2.26. The van der Waals surface area contributed by atoms with Crippen LogP contribution in [0.25, 0.3) is 0 Å². The molecule has 6 heteroatoms. The van der Waals surface area contributed by atoms with Crippen LogP contribution in [0.2, 0.25) is 0 Å². The third kappa shape index (κ3) is 2.33. The van der Waals surface area contributed by atoms with Crippen LogP contribution in [0.15, 0.2) is 24.8 Å². The van der Waals surface area contributed by atoms with Gasteiger partial charge in [0.25, 0.3) is 0 Å². The molecule has 0 saturated carbocycles. The number of nitrogens with zero attached hydrogens (tertiary/aromatic N) is 2. The zero-order valence-electron chi connectivity index (χ0n) is 8.14. The van der Waals surface area contributed by atoms with E-state index >= 15 is 0 Å². The highest BCUT2D eigenvalue weighted by atomic mass is 19.1. The highest BCUT2D eigenvalue weighted by Gasteiger charge is 2.21. The van der Waals surface area contributed by atoms with Crippen LogP contribution in [0.4, 0.5) is 10.1 Å². The lowest BCUT2D eigenvalue weighted by molar-refractivity contribution is -0.386. The van der Waals surface area contributed by atoms with Crippen LogP contribution < -0.4 is 4.74 Å². The van der Waals surface area contributed by atoms with Crippen LogP contribution >= 0.6 is 0 Å². The fourth-order valence-electron chi connectivity index (χ4n) is 1.09. The van der Waals surface area contributed by atoms with Crippen LogP contribution in [0.5, 0.6) is 5.75 Å². The van der Waals surface area contributed by atoms with Crippen molar-refractivity contribution in [2.45, 2.75) is 0 Å². The Labute approximate surface area is 90.5 Å². The minimum atomic E-state index is -0.853. The summed E-state index contributed by atoms with van der Waals surface area (Å²) in [5.41, 5.74) is -0.785. The molecule has 82 valence electrons. The first-order chi connectivity index (χ1) is 7.60. The van der Waals surface area contributed by atoms with Crippen LogP contribution in [0.3, 0.4) is 0 Å². The Morgan fingerprint density at radius 3 is 2.88 bits per heavy atom. The molecular weight excluding hydrogens is 215 g/mol. The molecule has 0 heterocycles. The number of rotatable bonds is 4. The minimum absolute atomic E-state index is 0.00114. The standard InChI is InChI=1S/C10H7FN2O3/c1-2-3-16-10-7(6-12)4-8(11)5-9(10)13(14)15/h2,4-5H,1,3H2. The lowest BCUT2D eigenvalue weighted by Crippen LogP contribution is -2.01. The molecular formula is C10H7FN2O3. The molecule has 1 aromatic carbocycles. The van der Waals surface area contributed by atoms with E-state index in [4.69, 9.17) is 10.00 Å². The van der Waals surface area contributed by atoms with Crippen LogP contribution in [0, 0.1) is 27.3 Å². The Morgan fingerprint density at radius 1 is 1.69 bits per heavy atom. The molecule has 0 radical (unpaired) electrons. The second-order valence-electron chi connectivity index (χ2n) is 2.77. The minimum Gasteiger partial charge on any atom is -0.482 e. The Bertz CT molecular complexity index is 480. The van der Waals surface area contributed by atoms with Gasteiger partial charge in [-0.25, -0.2) is 4.39 Å². The fraction of sp³-hybridized carbons (Fsp3) is 0.100. The number of benzene rings is 1. The largest absolute Gasteiger partial charge is 0.482 e. The Kier molecular flexibility index (Phi) is 3.56. The van der Waals surface area contributed by atoms with Crippen molar-refractivity contribution in [2.24, 2.45) is 0 Å². The second kappa shape index (κ2) is 4.89. The number of hydrogen-bond donors (Lipinski definition) is 0. The van der Waals surface area contributed by atoms with Gasteiger partial charge in [0.1, 0.15) is 24.1 Å². The predicted molar refractivity (Wildman–Crippen MR) is 53.5 cm³/mol. The summed E-state index contributed by atoms with van der Waals surface area (Å²) in [4.78, 5) is 9.83. The summed E-state index contributed by atoms with van der Waals surface area (Å²) in [6.07, 6.45) is 1.37. The number of halogens is 1. The van der Waals surface area contributed by atoms with Gasteiger partial charge in [-0.15, -0.1) is 0 Å². The first-order valence-electron chi connectivity index (χ1n) is 4.22. The summed E-state index contributed by atoms with van der Waals surface area (Å²) in [6.45, 7) is 3.37. The highest BCUT2D eigenvalue weighted by Crippen LogP contribution is 2.31. The quantitative estimate of drug-likeness (QED) is 0.444. The molecule has 0 amide bonds. The van der Waals surface area contributed by atoms with E-state index in [2.05, 4.69) is 6.58 Å². The van der Waals surface area contributed by atoms with Crippen molar-refractivity contribution < 1.29 is 14.1 Å². The third-order valence-electron chi connectivity index (χ3n) is 1.70. The first kappa shape index (κ1) is 11.7. The number of nitriles is 1. The molecule has 0 spiro atoms. The van der Waals surface area contributed by atoms with Gasteiger partial charge in [-0.1, -0.05) is 12.7 Å². The normalized spacial score (nSPS) is 9.25. The molecule has 1 rings (SSSR count). The molecule has 5 nitrogen and oxygen atoms in total. The first-order valence-corrected chi connectivity index (χ1v) is 4.22. The predicted octanol–water partition coefficient (Wildman–Crippen LogP) is 2.17. The summed E-state index contributed by atoms with van der Waals surface area (Å²) in [5.74, 6) is -1.09. The monoisotopic (exact) mass is 222 g/mol. The summed E-state index contributed by atoms with van der Waals surface area (Å²) >= 11 is 0. The molecule has 0 aliphatic heterocycles. The Balaban J connectivity index is 3.34. The van der Waals surface area contributed by atoms with Crippen molar-refractivity contribution in [3.05, 3.63) is 46.3 Å². The SMILES string of the molecule is C=CCOc1c(C#N)cc(F)cc1[N+](=O)[O-]. The highest BCUT2D eigenvalue weighted by molar-refractivity contribution is 5.57. The van der Waals surface area contributed by atoms with Gasteiger partial charge >= 0.3 is 5.69 Å². The van der Waals surface area contributed by atoms with Gasteiger partial charge in [0.15, 0.2) is 0 Å². The van der Waals surface area contributed by atoms with Gasteiger partial charge in [0.05, 0.1) is 11.0 Å². The molecule has 16 heavy (non-hydrogen) atoms. The summed E-state index contributed by atoms with van der Waals surface area (Å²) < 4.78 is 17.9.